The van der Waals surface area contributed by atoms with Crippen LogP contribution in [0.1, 0.15) is 36.5 Å². The Bertz CT molecular complexity index is 568. The van der Waals surface area contributed by atoms with E-state index in [1.807, 2.05) is 33.9 Å². The van der Waals surface area contributed by atoms with E-state index in [9.17, 15) is 9.59 Å². The van der Waals surface area contributed by atoms with Crippen LogP contribution in [0.5, 0.6) is 5.75 Å². The minimum Gasteiger partial charge on any atom is -0.489 e. The maximum Gasteiger partial charge on any atom is 0.230 e. The average Bonchev–Trinajstić information content (AvgIpc) is 2.74. The van der Waals surface area contributed by atoms with E-state index in [4.69, 9.17) is 4.74 Å². The van der Waals surface area contributed by atoms with Gasteiger partial charge >= 0.3 is 0 Å². The van der Waals surface area contributed by atoms with Gasteiger partial charge in [-0.05, 0) is 33.4 Å². The number of imide groups is 1. The third kappa shape index (κ3) is 3.65. The molecule has 1 fully saturated rings. The van der Waals surface area contributed by atoms with Crippen molar-refractivity contribution in [3.63, 3.8) is 0 Å². The van der Waals surface area contributed by atoms with Gasteiger partial charge in [0.25, 0.3) is 0 Å². The van der Waals surface area contributed by atoms with Crippen LogP contribution < -0.4 is 10.1 Å². The van der Waals surface area contributed by atoms with E-state index in [2.05, 4.69) is 11.4 Å². The summed E-state index contributed by atoms with van der Waals surface area (Å²) in [4.78, 5) is 25.0. The summed E-state index contributed by atoms with van der Waals surface area (Å²) in [6.45, 7) is 7.01. The van der Waals surface area contributed by atoms with Crippen LogP contribution in [0.25, 0.3) is 0 Å². The van der Waals surface area contributed by atoms with Crippen LogP contribution in [0.3, 0.4) is 0 Å². The monoisotopic (exact) mass is 304 g/mol. The van der Waals surface area contributed by atoms with Gasteiger partial charge < -0.3 is 10.1 Å². The molecule has 1 aliphatic rings. The number of nitrogens with one attached hydrogen (secondary N) is 1. The minimum absolute atomic E-state index is 0.00939. The molecule has 1 aliphatic heterocycles. The molecule has 1 aromatic carbocycles. The molecule has 0 radical (unpaired) electrons. The van der Waals surface area contributed by atoms with Crippen molar-refractivity contribution in [1.82, 2.24) is 10.2 Å². The topological polar surface area (TPSA) is 58.6 Å². The fourth-order valence-electron chi connectivity index (χ4n) is 2.83. The Balaban J connectivity index is 2.28. The van der Waals surface area contributed by atoms with Crippen LogP contribution in [-0.2, 0) is 16.1 Å². The molecule has 2 rings (SSSR count). The second-order valence-corrected chi connectivity index (χ2v) is 5.93. The third-order valence-corrected chi connectivity index (χ3v) is 3.79. The maximum atomic E-state index is 11.8. The molecule has 0 bridgehead atoms. The Morgan fingerprint density at radius 2 is 1.86 bits per heavy atom. The molecule has 1 unspecified atom stereocenters. The molecule has 0 saturated carbocycles. The van der Waals surface area contributed by atoms with Crippen LogP contribution in [0.15, 0.2) is 12.1 Å². The normalized spacial score (nSPS) is 16.3. The van der Waals surface area contributed by atoms with Gasteiger partial charge in [-0.1, -0.05) is 17.7 Å². The van der Waals surface area contributed by atoms with Gasteiger partial charge in [-0.2, -0.15) is 0 Å². The number of hydrogen-bond acceptors (Lipinski definition) is 4. The molecule has 5 heteroatoms. The summed E-state index contributed by atoms with van der Waals surface area (Å²) in [7, 11) is 1.88. The van der Waals surface area contributed by atoms with E-state index in [1.54, 1.807) is 0 Å². The maximum absolute atomic E-state index is 11.8. The molecule has 1 heterocycles. The molecule has 5 nitrogen and oxygen atoms in total. The predicted octanol–water partition coefficient (Wildman–Crippen LogP) is 1.94. The predicted molar refractivity (Wildman–Crippen MR) is 84.7 cm³/mol. The zero-order valence-electron chi connectivity index (χ0n) is 13.7. The fraction of sp³-hybridized carbons (Fsp3) is 0.529. The third-order valence-electron chi connectivity index (χ3n) is 3.79. The Hall–Kier alpha value is -1.88. The molecule has 1 aromatic rings. The standard InChI is InChI=1S/C17H24N2O3/c1-11-7-12(2)17(22-13(3)9-18-4)14(8-11)10-19-15(20)5-6-16(19)21/h7-8,13,18H,5-6,9-10H2,1-4H3. The van der Waals surface area contributed by atoms with Crippen LogP contribution in [0.4, 0.5) is 0 Å². The SMILES string of the molecule is CNCC(C)Oc1c(C)cc(C)cc1CN1C(=O)CCC1=O. The highest BCUT2D eigenvalue weighted by Gasteiger charge is 2.30. The number of rotatable bonds is 6. The Morgan fingerprint density at radius 3 is 2.45 bits per heavy atom. The number of carbonyl (C=O) groups is 2. The molecule has 0 aliphatic carbocycles. The fourth-order valence-corrected chi connectivity index (χ4v) is 2.83. The first kappa shape index (κ1) is 16.5. The highest BCUT2D eigenvalue weighted by atomic mass is 16.5. The van der Waals surface area contributed by atoms with Crippen molar-refractivity contribution < 1.29 is 14.3 Å². The summed E-state index contributed by atoms with van der Waals surface area (Å²) in [6.07, 6.45) is 0.640. The van der Waals surface area contributed by atoms with Gasteiger partial charge in [0.05, 0.1) is 6.54 Å². The first-order valence-electron chi connectivity index (χ1n) is 7.67. The van der Waals surface area contributed by atoms with E-state index in [0.717, 1.165) is 29.0 Å². The number of likely N-dealkylation sites (N-methyl/N-ethyl adjacent to an activating group) is 1. The Kier molecular flexibility index (Phi) is 5.19. The summed E-state index contributed by atoms with van der Waals surface area (Å²) in [5, 5.41) is 3.08. The van der Waals surface area contributed by atoms with E-state index >= 15 is 0 Å². The molecule has 1 saturated heterocycles. The first-order valence-corrected chi connectivity index (χ1v) is 7.67. The van der Waals surface area contributed by atoms with Crippen molar-refractivity contribution in [2.45, 2.75) is 46.3 Å². The van der Waals surface area contributed by atoms with Gasteiger partial charge in [0.15, 0.2) is 0 Å². The van der Waals surface area contributed by atoms with E-state index in [1.165, 1.54) is 4.90 Å². The van der Waals surface area contributed by atoms with Crippen molar-refractivity contribution in [2.24, 2.45) is 0 Å². The van der Waals surface area contributed by atoms with Crippen molar-refractivity contribution in [3.05, 3.63) is 28.8 Å². The summed E-state index contributed by atoms with van der Waals surface area (Å²) >= 11 is 0. The number of likely N-dealkylation sites (tertiary alicyclic amines) is 1. The smallest absolute Gasteiger partial charge is 0.230 e. The van der Waals surface area contributed by atoms with Crippen molar-refractivity contribution >= 4 is 11.8 Å². The van der Waals surface area contributed by atoms with Gasteiger partial charge in [-0.25, -0.2) is 0 Å². The summed E-state index contributed by atoms with van der Waals surface area (Å²) in [5.74, 6) is 0.581. The summed E-state index contributed by atoms with van der Waals surface area (Å²) in [6, 6.07) is 4.05. The van der Waals surface area contributed by atoms with Gasteiger partial charge in [0.2, 0.25) is 11.8 Å². The zero-order chi connectivity index (χ0) is 16.3. The lowest BCUT2D eigenvalue weighted by molar-refractivity contribution is -0.139. The summed E-state index contributed by atoms with van der Waals surface area (Å²) < 4.78 is 6.04. The average molecular weight is 304 g/mol. The van der Waals surface area contributed by atoms with Crippen LogP contribution in [0, 0.1) is 13.8 Å². The van der Waals surface area contributed by atoms with E-state index in [0.29, 0.717) is 19.4 Å². The minimum atomic E-state index is -0.0987. The lowest BCUT2D eigenvalue weighted by Crippen LogP contribution is -2.30. The lowest BCUT2D eigenvalue weighted by Gasteiger charge is -2.22. The van der Waals surface area contributed by atoms with E-state index in [-0.39, 0.29) is 17.9 Å². The lowest BCUT2D eigenvalue weighted by atomic mass is 10.0. The van der Waals surface area contributed by atoms with E-state index < -0.39 is 0 Å². The Morgan fingerprint density at radius 1 is 1.23 bits per heavy atom. The zero-order valence-corrected chi connectivity index (χ0v) is 13.7. The first-order chi connectivity index (χ1) is 10.4. The largest absolute Gasteiger partial charge is 0.489 e. The van der Waals surface area contributed by atoms with Crippen LogP contribution >= 0.6 is 0 Å². The van der Waals surface area contributed by atoms with Gasteiger partial charge in [0, 0.05) is 24.9 Å². The van der Waals surface area contributed by atoms with Gasteiger partial charge in [-0.3, -0.25) is 14.5 Å². The molecule has 0 spiro atoms. The Labute approximate surface area is 131 Å². The molecule has 120 valence electrons. The molecular weight excluding hydrogens is 280 g/mol. The van der Waals surface area contributed by atoms with Crippen molar-refractivity contribution in [2.75, 3.05) is 13.6 Å². The number of hydrogen-bond donors (Lipinski definition) is 1. The number of amides is 2. The number of nitrogens with zero attached hydrogens (tertiary/aromatic N) is 1. The molecular formula is C17H24N2O3. The number of carbonyl (C=O) groups excluding carboxylic acids is 2. The van der Waals surface area contributed by atoms with Gasteiger partial charge in [0.1, 0.15) is 11.9 Å². The van der Waals surface area contributed by atoms with Crippen molar-refractivity contribution in [3.8, 4) is 5.75 Å². The number of aryl methyl sites for hydroxylation is 2. The molecule has 1 N–H and O–H groups in total. The quantitative estimate of drug-likeness (QED) is 0.816. The highest BCUT2D eigenvalue weighted by Crippen LogP contribution is 2.29. The summed E-state index contributed by atoms with van der Waals surface area (Å²) in [5.41, 5.74) is 3.02. The van der Waals surface area contributed by atoms with Crippen LogP contribution in [-0.4, -0.2) is 36.4 Å². The molecule has 1 atom stereocenters. The second kappa shape index (κ2) is 6.92. The number of ether oxygens (including phenoxy) is 1. The van der Waals surface area contributed by atoms with Crippen LogP contribution in [0.2, 0.25) is 0 Å². The molecule has 0 aromatic heterocycles. The molecule has 2 amide bonds. The second-order valence-electron chi connectivity index (χ2n) is 5.93. The van der Waals surface area contributed by atoms with Gasteiger partial charge in [-0.15, -0.1) is 0 Å². The van der Waals surface area contributed by atoms with Crippen molar-refractivity contribution in [1.29, 1.82) is 0 Å². The molecule has 22 heavy (non-hydrogen) atoms. The number of benzene rings is 1. The highest BCUT2D eigenvalue weighted by molar-refractivity contribution is 6.01.